The summed E-state index contributed by atoms with van der Waals surface area (Å²) >= 11 is 0. The van der Waals surface area contributed by atoms with Crippen molar-refractivity contribution in [2.24, 2.45) is 5.41 Å². The number of hydrogen-bond acceptors (Lipinski definition) is 4. The number of ether oxygens (including phenoxy) is 2. The quantitative estimate of drug-likeness (QED) is 0.280. The molecule has 7 heteroatoms. The molecule has 1 spiro atoms. The predicted molar refractivity (Wildman–Crippen MR) is 168 cm³/mol. The van der Waals surface area contributed by atoms with Crippen molar-refractivity contribution in [3.63, 3.8) is 0 Å². The first-order chi connectivity index (χ1) is 21.2. The Labute approximate surface area is 259 Å². The third kappa shape index (κ3) is 7.26. The first-order valence-corrected chi connectivity index (χ1v) is 16.3. The van der Waals surface area contributed by atoms with Gasteiger partial charge < -0.3 is 14.8 Å². The minimum atomic E-state index is -1.53. The average Bonchev–Trinajstić information content (AvgIpc) is 3.21. The van der Waals surface area contributed by atoms with Gasteiger partial charge in [0.2, 0.25) is 0 Å². The highest BCUT2D eigenvalue weighted by Crippen LogP contribution is 2.45. The fourth-order valence-corrected chi connectivity index (χ4v) is 7.70. The molecular weight excluding hydrogens is 561 g/mol. The predicted octanol–water partition coefficient (Wildman–Crippen LogP) is 8.32. The number of halogens is 3. The lowest BCUT2D eigenvalue weighted by molar-refractivity contribution is 0.0539. The van der Waals surface area contributed by atoms with Crippen molar-refractivity contribution < 1.29 is 22.6 Å². The fourth-order valence-electron chi connectivity index (χ4n) is 7.70. The van der Waals surface area contributed by atoms with E-state index in [4.69, 9.17) is 9.47 Å². The van der Waals surface area contributed by atoms with E-state index in [1.807, 2.05) is 53.4 Å². The minimum absolute atomic E-state index is 0.0551. The van der Waals surface area contributed by atoms with Crippen molar-refractivity contribution in [1.82, 2.24) is 10.2 Å². The first-order valence-electron chi connectivity index (χ1n) is 16.3. The van der Waals surface area contributed by atoms with E-state index in [9.17, 15) is 4.39 Å². The average molecular weight is 607 g/mol. The summed E-state index contributed by atoms with van der Waals surface area (Å²) in [6.07, 6.45) is 8.09. The number of hydrogen-bond donors (Lipinski definition) is 1. The maximum atomic E-state index is 16.1. The van der Waals surface area contributed by atoms with Crippen LogP contribution < -0.4 is 14.8 Å². The molecule has 3 aromatic rings. The Morgan fingerprint density at radius 2 is 1.70 bits per heavy atom. The molecule has 2 heterocycles. The summed E-state index contributed by atoms with van der Waals surface area (Å²) in [5.41, 5.74) is 1.44. The second-order valence-electron chi connectivity index (χ2n) is 13.7. The molecule has 6 rings (SSSR count). The van der Waals surface area contributed by atoms with Crippen LogP contribution in [-0.2, 0) is 13.0 Å². The molecule has 44 heavy (non-hydrogen) atoms. The first kappa shape index (κ1) is 31.0. The van der Waals surface area contributed by atoms with Gasteiger partial charge in [0.05, 0.1) is 12.1 Å². The van der Waals surface area contributed by atoms with Crippen molar-refractivity contribution in [2.75, 3.05) is 26.2 Å². The Morgan fingerprint density at radius 1 is 0.932 bits per heavy atom. The zero-order valence-electron chi connectivity index (χ0n) is 26.0. The lowest BCUT2D eigenvalue weighted by Gasteiger charge is -2.41. The van der Waals surface area contributed by atoms with Gasteiger partial charge in [0.25, 0.3) is 0 Å². The summed E-state index contributed by atoms with van der Waals surface area (Å²) in [6.45, 7) is 6.03. The van der Waals surface area contributed by atoms with Crippen LogP contribution in [0.5, 0.6) is 11.5 Å². The van der Waals surface area contributed by atoms with Crippen LogP contribution >= 0.6 is 0 Å². The van der Waals surface area contributed by atoms with Gasteiger partial charge in [-0.15, -0.1) is 0 Å². The molecule has 0 radical (unpaired) electrons. The van der Waals surface area contributed by atoms with Gasteiger partial charge in [-0.1, -0.05) is 36.4 Å². The number of fused-ring (bicyclic) bond motifs is 1. The molecule has 236 valence electrons. The highest BCUT2D eigenvalue weighted by molar-refractivity contribution is 5.46. The smallest absolute Gasteiger partial charge is 0.134 e. The third-order valence-corrected chi connectivity index (χ3v) is 9.69. The van der Waals surface area contributed by atoms with Gasteiger partial charge in [0, 0.05) is 30.8 Å². The Balaban J connectivity index is 1.25. The molecule has 0 amide bonds. The summed E-state index contributed by atoms with van der Waals surface area (Å²) in [5, 5.41) is 3.50. The largest absolute Gasteiger partial charge is 0.490 e. The van der Waals surface area contributed by atoms with Gasteiger partial charge >= 0.3 is 0 Å². The Morgan fingerprint density at radius 3 is 2.48 bits per heavy atom. The van der Waals surface area contributed by atoms with Crippen molar-refractivity contribution in [1.29, 1.82) is 0 Å². The number of nitrogens with one attached hydrogen (secondary N) is 1. The molecule has 2 aliphatic heterocycles. The van der Waals surface area contributed by atoms with Gasteiger partial charge in [0.15, 0.2) is 0 Å². The Kier molecular flexibility index (Phi) is 9.25. The van der Waals surface area contributed by atoms with Crippen molar-refractivity contribution in [3.8, 4) is 11.5 Å². The molecular formula is C37H45F3N2O2. The highest BCUT2D eigenvalue weighted by atomic mass is 19.1. The van der Waals surface area contributed by atoms with Crippen LogP contribution in [0.1, 0.15) is 87.1 Å². The van der Waals surface area contributed by atoms with E-state index in [-0.39, 0.29) is 29.4 Å². The molecule has 1 aliphatic carbocycles. The number of nitrogens with zero attached hydrogens (tertiary/aromatic N) is 1. The molecule has 3 unspecified atom stereocenters. The lowest BCUT2D eigenvalue weighted by atomic mass is 9.68. The fraction of sp³-hybridized carbons (Fsp3) is 0.514. The SMILES string of the molecule is CC(C)(F)CN1CCc2cc(OCc3ccccc3)ccc2C1c1c(F)cc(OC2CCCC3(CCCNCC3)C2)cc1F. The normalized spacial score (nSPS) is 24.5. The van der Waals surface area contributed by atoms with Crippen LogP contribution in [0.2, 0.25) is 0 Å². The minimum Gasteiger partial charge on any atom is -0.490 e. The Bertz CT molecular complexity index is 1390. The van der Waals surface area contributed by atoms with Gasteiger partial charge in [-0.3, -0.25) is 4.90 Å². The summed E-state index contributed by atoms with van der Waals surface area (Å²) in [4.78, 5) is 1.86. The van der Waals surface area contributed by atoms with E-state index >= 15 is 8.78 Å². The second kappa shape index (κ2) is 13.1. The molecule has 3 atom stereocenters. The van der Waals surface area contributed by atoms with Crippen LogP contribution in [0.15, 0.2) is 60.7 Å². The number of alkyl halides is 1. The second-order valence-corrected chi connectivity index (χ2v) is 13.7. The molecule has 1 saturated heterocycles. The summed E-state index contributed by atoms with van der Waals surface area (Å²) in [5.74, 6) is -0.387. The van der Waals surface area contributed by atoms with Gasteiger partial charge in [-0.25, -0.2) is 13.2 Å². The Hall–Kier alpha value is -3.03. The topological polar surface area (TPSA) is 33.7 Å². The molecule has 1 N–H and O–H groups in total. The van der Waals surface area contributed by atoms with Crippen molar-refractivity contribution in [3.05, 3.63) is 94.6 Å². The van der Waals surface area contributed by atoms with Crippen molar-refractivity contribution in [2.45, 2.75) is 89.6 Å². The molecule has 4 nitrogen and oxygen atoms in total. The summed E-state index contributed by atoms with van der Waals surface area (Å²) in [7, 11) is 0. The molecule has 2 fully saturated rings. The van der Waals surface area contributed by atoms with Crippen LogP contribution in [0.25, 0.3) is 0 Å². The van der Waals surface area contributed by atoms with Gasteiger partial charge in [-0.2, -0.15) is 0 Å². The van der Waals surface area contributed by atoms with Crippen LogP contribution in [0.3, 0.4) is 0 Å². The molecule has 1 saturated carbocycles. The van der Waals surface area contributed by atoms with E-state index in [2.05, 4.69) is 5.32 Å². The van der Waals surface area contributed by atoms with Crippen molar-refractivity contribution >= 4 is 0 Å². The molecule has 3 aromatic carbocycles. The standard InChI is InChI=1S/C37H45F3N2O2/c1-36(2,40)25-42-19-13-27-20-28(43-24-26-8-4-3-5-9-26)11-12-31(27)35(42)34-32(38)21-30(22-33(34)39)44-29-10-6-14-37(23-29)15-7-17-41-18-16-37/h3-5,8-9,11-12,20-22,29,35,41H,6-7,10,13-19,23-25H2,1-2H3. The highest BCUT2D eigenvalue weighted by Gasteiger charge is 2.39. The zero-order chi connectivity index (χ0) is 30.7. The third-order valence-electron chi connectivity index (χ3n) is 9.69. The van der Waals surface area contributed by atoms with Gasteiger partial charge in [0.1, 0.15) is 35.4 Å². The van der Waals surface area contributed by atoms with E-state index in [0.29, 0.717) is 25.3 Å². The van der Waals surface area contributed by atoms with E-state index in [1.165, 1.54) is 38.8 Å². The van der Waals surface area contributed by atoms with Crippen LogP contribution in [0, 0.1) is 17.0 Å². The summed E-state index contributed by atoms with van der Waals surface area (Å²) in [6, 6.07) is 17.5. The van der Waals surface area contributed by atoms with E-state index in [0.717, 1.165) is 61.9 Å². The van der Waals surface area contributed by atoms with Crippen LogP contribution in [-0.4, -0.2) is 42.9 Å². The van der Waals surface area contributed by atoms with E-state index in [1.54, 1.807) is 0 Å². The monoisotopic (exact) mass is 606 g/mol. The van der Waals surface area contributed by atoms with E-state index < -0.39 is 23.3 Å². The summed E-state index contributed by atoms with van der Waals surface area (Å²) < 4.78 is 59.5. The molecule has 3 aliphatic rings. The maximum Gasteiger partial charge on any atom is 0.134 e. The van der Waals surface area contributed by atoms with Crippen LogP contribution in [0.4, 0.5) is 13.2 Å². The number of rotatable bonds is 8. The lowest BCUT2D eigenvalue weighted by Crippen LogP contribution is -2.43. The molecule has 0 bridgehead atoms. The maximum absolute atomic E-state index is 16.1. The number of benzene rings is 3. The zero-order valence-corrected chi connectivity index (χ0v) is 26.0. The van der Waals surface area contributed by atoms with Gasteiger partial charge in [-0.05, 0) is 113 Å². The molecule has 0 aromatic heterocycles.